The molecule has 1 aliphatic heterocycles. The maximum atomic E-state index is 5.80. The van der Waals surface area contributed by atoms with E-state index in [1.807, 2.05) is 18.2 Å². The Morgan fingerprint density at radius 2 is 1.94 bits per heavy atom. The van der Waals surface area contributed by atoms with Crippen molar-refractivity contribution in [2.75, 3.05) is 37.8 Å². The fraction of sp³-hybridized carbons (Fsp3) is 0.500. The van der Waals surface area contributed by atoms with Crippen LogP contribution in [0.4, 0.5) is 11.4 Å². The van der Waals surface area contributed by atoms with E-state index in [9.17, 15) is 0 Å². The van der Waals surface area contributed by atoms with Gasteiger partial charge in [0.1, 0.15) is 0 Å². The summed E-state index contributed by atoms with van der Waals surface area (Å²) < 4.78 is 5.34. The number of morpholine rings is 1. The lowest BCUT2D eigenvalue weighted by atomic mass is 10.1. The Balaban J connectivity index is 1.96. The molecule has 0 saturated carbocycles. The first-order valence-corrected chi connectivity index (χ1v) is 6.68. The van der Waals surface area contributed by atoms with Crippen molar-refractivity contribution < 1.29 is 4.74 Å². The van der Waals surface area contributed by atoms with Gasteiger partial charge in [-0.05, 0) is 24.1 Å². The zero-order chi connectivity index (χ0) is 12.3. The Bertz CT molecular complexity index is 380. The first-order valence-electron chi connectivity index (χ1n) is 5.76. The van der Waals surface area contributed by atoms with Crippen LogP contribution in [0.3, 0.4) is 0 Å². The molecule has 1 atom stereocenters. The van der Waals surface area contributed by atoms with Gasteiger partial charge in [0.15, 0.2) is 0 Å². The molecule has 1 heterocycles. The van der Waals surface area contributed by atoms with Gasteiger partial charge < -0.3 is 16.2 Å². The van der Waals surface area contributed by atoms with Gasteiger partial charge in [-0.3, -0.25) is 4.90 Å². The Hall–Kier alpha value is -0.780. The summed E-state index contributed by atoms with van der Waals surface area (Å²) in [6.07, 6.45) is 0.921. The zero-order valence-electron chi connectivity index (χ0n) is 9.73. The van der Waals surface area contributed by atoms with E-state index in [-0.39, 0.29) is 0 Å². The summed E-state index contributed by atoms with van der Waals surface area (Å²) in [5, 5.41) is 0. The third-order valence-corrected chi connectivity index (χ3v) is 3.90. The summed E-state index contributed by atoms with van der Waals surface area (Å²) >= 11 is 3.72. The molecule has 1 saturated heterocycles. The number of benzene rings is 1. The van der Waals surface area contributed by atoms with Crippen LogP contribution < -0.4 is 11.5 Å². The minimum Gasteiger partial charge on any atom is -0.397 e. The number of nitrogens with two attached hydrogens (primary N) is 2. The maximum Gasteiger partial charge on any atom is 0.0697 e. The third-order valence-electron chi connectivity index (χ3n) is 3.00. The third kappa shape index (κ3) is 3.34. The molecule has 2 rings (SSSR count). The zero-order valence-corrected chi connectivity index (χ0v) is 11.3. The predicted molar refractivity (Wildman–Crippen MR) is 74.1 cm³/mol. The Morgan fingerprint density at radius 3 is 2.59 bits per heavy atom. The summed E-state index contributed by atoms with van der Waals surface area (Å²) in [7, 11) is 0. The van der Waals surface area contributed by atoms with E-state index < -0.39 is 0 Å². The van der Waals surface area contributed by atoms with E-state index in [1.54, 1.807) is 0 Å². The van der Waals surface area contributed by atoms with Crippen molar-refractivity contribution in [3.05, 3.63) is 23.8 Å². The molecule has 1 aromatic carbocycles. The van der Waals surface area contributed by atoms with Crippen molar-refractivity contribution >= 4 is 27.3 Å². The molecule has 0 aromatic heterocycles. The van der Waals surface area contributed by atoms with Crippen molar-refractivity contribution in [2.45, 2.75) is 11.4 Å². The molecule has 5 heteroatoms. The lowest BCUT2D eigenvalue weighted by Crippen LogP contribution is -2.41. The Kier molecular flexibility index (Phi) is 4.25. The lowest BCUT2D eigenvalue weighted by Gasteiger charge is -2.31. The minimum atomic E-state index is 0.328. The second-order valence-electron chi connectivity index (χ2n) is 4.25. The van der Waals surface area contributed by atoms with Crippen LogP contribution in [0, 0.1) is 0 Å². The normalized spacial score (nSPS) is 19.1. The molecule has 0 bridgehead atoms. The van der Waals surface area contributed by atoms with Crippen LogP contribution in [0.1, 0.15) is 5.56 Å². The van der Waals surface area contributed by atoms with Crippen molar-refractivity contribution in [2.24, 2.45) is 0 Å². The van der Waals surface area contributed by atoms with Gasteiger partial charge in [-0.15, -0.1) is 0 Å². The van der Waals surface area contributed by atoms with Gasteiger partial charge in [0, 0.05) is 13.1 Å². The number of nitrogens with zero attached hydrogens (tertiary/aromatic N) is 1. The number of hydrogen-bond donors (Lipinski definition) is 2. The quantitative estimate of drug-likeness (QED) is 0.504. The second kappa shape index (κ2) is 5.71. The molecule has 1 aromatic rings. The van der Waals surface area contributed by atoms with Gasteiger partial charge >= 0.3 is 0 Å². The van der Waals surface area contributed by atoms with Gasteiger partial charge in [-0.1, -0.05) is 22.0 Å². The Labute approximate surface area is 110 Å². The maximum absolute atomic E-state index is 5.80. The van der Waals surface area contributed by atoms with Crippen LogP contribution in [0.25, 0.3) is 0 Å². The SMILES string of the molecule is Nc1ccc(CC(Br)N2CCOCC2)cc1N. The first-order chi connectivity index (χ1) is 8.16. The molecule has 94 valence electrons. The molecule has 17 heavy (non-hydrogen) atoms. The number of hydrogen-bond acceptors (Lipinski definition) is 4. The van der Waals surface area contributed by atoms with Crippen molar-refractivity contribution in [1.82, 2.24) is 4.90 Å². The van der Waals surface area contributed by atoms with Crippen LogP contribution >= 0.6 is 15.9 Å². The fourth-order valence-electron chi connectivity index (χ4n) is 1.93. The van der Waals surface area contributed by atoms with Crippen LogP contribution in [0.2, 0.25) is 0 Å². The summed E-state index contributed by atoms with van der Waals surface area (Å²) in [4.78, 5) is 2.70. The van der Waals surface area contributed by atoms with E-state index in [4.69, 9.17) is 16.2 Å². The fourth-order valence-corrected chi connectivity index (χ4v) is 2.72. The highest BCUT2D eigenvalue weighted by atomic mass is 79.9. The molecule has 0 spiro atoms. The summed E-state index contributed by atoms with van der Waals surface area (Å²) in [5.41, 5.74) is 14.0. The number of anilines is 2. The average Bonchev–Trinajstić information content (AvgIpc) is 2.35. The highest BCUT2D eigenvalue weighted by Crippen LogP contribution is 2.20. The molecule has 0 amide bonds. The highest BCUT2D eigenvalue weighted by molar-refractivity contribution is 9.09. The highest BCUT2D eigenvalue weighted by Gasteiger charge is 2.18. The summed E-state index contributed by atoms with van der Waals surface area (Å²) in [6, 6.07) is 5.84. The van der Waals surface area contributed by atoms with Gasteiger partial charge in [-0.25, -0.2) is 0 Å². The van der Waals surface area contributed by atoms with Crippen molar-refractivity contribution in [1.29, 1.82) is 0 Å². The molecule has 1 aliphatic rings. The molecular weight excluding hydrogens is 282 g/mol. The van der Waals surface area contributed by atoms with Crippen LogP contribution in [-0.2, 0) is 11.2 Å². The van der Waals surface area contributed by atoms with Crippen molar-refractivity contribution in [3.63, 3.8) is 0 Å². The number of rotatable bonds is 3. The van der Waals surface area contributed by atoms with E-state index in [0.717, 1.165) is 32.7 Å². The predicted octanol–water partition coefficient (Wildman–Crippen LogP) is 1.45. The van der Waals surface area contributed by atoms with Crippen LogP contribution in [0.5, 0.6) is 0 Å². The van der Waals surface area contributed by atoms with Crippen LogP contribution in [0.15, 0.2) is 18.2 Å². The van der Waals surface area contributed by atoms with E-state index in [0.29, 0.717) is 16.3 Å². The average molecular weight is 300 g/mol. The van der Waals surface area contributed by atoms with E-state index in [2.05, 4.69) is 20.8 Å². The molecule has 1 fully saturated rings. The van der Waals surface area contributed by atoms with Crippen LogP contribution in [-0.4, -0.2) is 36.2 Å². The van der Waals surface area contributed by atoms with Crippen molar-refractivity contribution in [3.8, 4) is 0 Å². The molecule has 0 aliphatic carbocycles. The molecule has 1 unspecified atom stereocenters. The monoisotopic (exact) mass is 299 g/mol. The second-order valence-corrected chi connectivity index (χ2v) is 5.31. The van der Waals surface area contributed by atoms with Gasteiger partial charge in [0.2, 0.25) is 0 Å². The molecule has 4 nitrogen and oxygen atoms in total. The van der Waals surface area contributed by atoms with Gasteiger partial charge in [-0.2, -0.15) is 0 Å². The number of ether oxygens (including phenoxy) is 1. The number of nitrogen functional groups attached to an aromatic ring is 2. The largest absolute Gasteiger partial charge is 0.397 e. The van der Waals surface area contributed by atoms with E-state index in [1.165, 1.54) is 5.56 Å². The summed E-state index contributed by atoms with van der Waals surface area (Å²) in [6.45, 7) is 3.57. The van der Waals surface area contributed by atoms with Gasteiger partial charge in [0.05, 0.1) is 29.5 Å². The smallest absolute Gasteiger partial charge is 0.0697 e. The lowest BCUT2D eigenvalue weighted by molar-refractivity contribution is 0.0337. The number of alkyl halides is 1. The number of halogens is 1. The first kappa shape index (κ1) is 12.7. The molecular formula is C12H18BrN3O. The topological polar surface area (TPSA) is 64.5 Å². The standard InChI is InChI=1S/C12H18BrN3O/c13-12(16-3-5-17-6-4-16)8-9-1-2-10(14)11(15)7-9/h1-2,7,12H,3-6,8,14-15H2. The summed E-state index contributed by atoms with van der Waals surface area (Å²) in [5.74, 6) is 0. The van der Waals surface area contributed by atoms with E-state index >= 15 is 0 Å². The molecule has 0 radical (unpaired) electrons. The Morgan fingerprint density at radius 1 is 1.24 bits per heavy atom. The van der Waals surface area contributed by atoms with Gasteiger partial charge in [0.25, 0.3) is 0 Å². The minimum absolute atomic E-state index is 0.328. The molecule has 4 N–H and O–H groups in total.